The van der Waals surface area contributed by atoms with E-state index >= 15 is 0 Å². The summed E-state index contributed by atoms with van der Waals surface area (Å²) in [6.45, 7) is 1.02. The number of piperidine rings is 1. The van der Waals surface area contributed by atoms with Crippen molar-refractivity contribution in [1.82, 2.24) is 20.4 Å². The maximum Gasteiger partial charge on any atom is 0.244 e. The third kappa shape index (κ3) is 2.10. The average Bonchev–Trinajstić information content (AvgIpc) is 3.16. The van der Waals surface area contributed by atoms with Crippen LogP contribution in [0, 0.1) is 0 Å². The second-order valence-electron chi connectivity index (χ2n) is 4.99. The number of nitrogens with one attached hydrogen (secondary N) is 1. The molecule has 6 heteroatoms. The molecular weight excluding hydrogens is 272 g/mol. The van der Waals surface area contributed by atoms with Crippen LogP contribution in [0.25, 0.3) is 21.6 Å². The van der Waals surface area contributed by atoms with E-state index in [0.717, 1.165) is 28.7 Å². The zero-order chi connectivity index (χ0) is 13.4. The number of aromatic nitrogens is 3. The standard InChI is InChI=1S/C14H14N4OS/c1-2-5-15-11(3-1)14-17-13(18-19-14)9-7-12-10(16-8-9)4-6-20-12/h4,6-8,11,15H,1-3,5H2/t11-/m0/s1. The molecule has 0 aliphatic carbocycles. The van der Waals surface area contributed by atoms with E-state index in [0.29, 0.717) is 11.7 Å². The summed E-state index contributed by atoms with van der Waals surface area (Å²) in [5.41, 5.74) is 1.92. The first kappa shape index (κ1) is 12.0. The van der Waals surface area contributed by atoms with Crippen LogP contribution in [0.2, 0.25) is 0 Å². The molecule has 1 fully saturated rings. The summed E-state index contributed by atoms with van der Waals surface area (Å²) in [5, 5.41) is 9.54. The molecule has 1 aliphatic heterocycles. The Bertz CT molecular complexity index is 729. The first-order chi connectivity index (χ1) is 9.90. The molecule has 1 saturated heterocycles. The monoisotopic (exact) mass is 286 g/mol. The molecule has 0 spiro atoms. The van der Waals surface area contributed by atoms with Gasteiger partial charge in [0, 0.05) is 11.8 Å². The summed E-state index contributed by atoms with van der Waals surface area (Å²) < 4.78 is 6.55. The SMILES string of the molecule is c1cc2ncc(-c3noc([C@@H]4CCCCN4)n3)cc2s1. The van der Waals surface area contributed by atoms with Gasteiger partial charge < -0.3 is 9.84 Å². The van der Waals surface area contributed by atoms with Gasteiger partial charge in [-0.1, -0.05) is 11.6 Å². The molecule has 1 N–H and O–H groups in total. The van der Waals surface area contributed by atoms with E-state index in [2.05, 4.69) is 26.5 Å². The van der Waals surface area contributed by atoms with E-state index in [1.807, 2.05) is 11.4 Å². The Morgan fingerprint density at radius 2 is 2.35 bits per heavy atom. The van der Waals surface area contributed by atoms with Gasteiger partial charge in [0.2, 0.25) is 11.7 Å². The lowest BCUT2D eigenvalue weighted by molar-refractivity contribution is 0.297. The minimum Gasteiger partial charge on any atom is -0.337 e. The maximum absolute atomic E-state index is 5.40. The van der Waals surface area contributed by atoms with Crippen molar-refractivity contribution in [2.24, 2.45) is 0 Å². The Labute approximate surface area is 120 Å². The van der Waals surface area contributed by atoms with Gasteiger partial charge in [-0.25, -0.2) is 0 Å². The second kappa shape index (κ2) is 4.96. The fraction of sp³-hybridized carbons (Fsp3) is 0.357. The van der Waals surface area contributed by atoms with Crippen molar-refractivity contribution in [3.8, 4) is 11.4 Å². The summed E-state index contributed by atoms with van der Waals surface area (Å²) in [6, 6.07) is 4.27. The Balaban J connectivity index is 1.66. The van der Waals surface area contributed by atoms with Crippen LogP contribution in [0.15, 0.2) is 28.2 Å². The number of fused-ring (bicyclic) bond motifs is 1. The number of nitrogens with zero attached hydrogens (tertiary/aromatic N) is 3. The summed E-state index contributed by atoms with van der Waals surface area (Å²) in [4.78, 5) is 8.93. The van der Waals surface area contributed by atoms with Crippen LogP contribution in [-0.2, 0) is 0 Å². The Morgan fingerprint density at radius 1 is 1.35 bits per heavy atom. The number of hydrogen-bond donors (Lipinski definition) is 1. The van der Waals surface area contributed by atoms with Crippen LogP contribution >= 0.6 is 11.3 Å². The minimum absolute atomic E-state index is 0.198. The largest absolute Gasteiger partial charge is 0.337 e. The Kier molecular flexibility index (Phi) is 2.97. The average molecular weight is 286 g/mol. The van der Waals surface area contributed by atoms with Gasteiger partial charge in [0.25, 0.3) is 0 Å². The molecule has 102 valence electrons. The zero-order valence-corrected chi connectivity index (χ0v) is 11.7. The molecule has 20 heavy (non-hydrogen) atoms. The number of pyridine rings is 1. The molecule has 4 heterocycles. The molecule has 1 atom stereocenters. The highest BCUT2D eigenvalue weighted by molar-refractivity contribution is 7.17. The number of rotatable bonds is 2. The van der Waals surface area contributed by atoms with Gasteiger partial charge in [-0.3, -0.25) is 4.98 Å². The van der Waals surface area contributed by atoms with Crippen molar-refractivity contribution in [3.05, 3.63) is 29.6 Å². The fourth-order valence-corrected chi connectivity index (χ4v) is 3.31. The highest BCUT2D eigenvalue weighted by Gasteiger charge is 2.21. The van der Waals surface area contributed by atoms with E-state index in [-0.39, 0.29) is 6.04 Å². The molecule has 0 amide bonds. The van der Waals surface area contributed by atoms with E-state index in [1.54, 1.807) is 17.5 Å². The highest BCUT2D eigenvalue weighted by Crippen LogP contribution is 2.26. The summed E-state index contributed by atoms with van der Waals surface area (Å²) in [7, 11) is 0. The number of hydrogen-bond acceptors (Lipinski definition) is 6. The normalized spacial score (nSPS) is 19.5. The van der Waals surface area contributed by atoms with Crippen molar-refractivity contribution >= 4 is 21.6 Å². The number of thiophene rings is 1. The molecule has 0 saturated carbocycles. The molecule has 0 aromatic carbocycles. The van der Waals surface area contributed by atoms with Crippen molar-refractivity contribution in [3.63, 3.8) is 0 Å². The zero-order valence-electron chi connectivity index (χ0n) is 10.9. The van der Waals surface area contributed by atoms with Gasteiger partial charge in [-0.05, 0) is 36.9 Å². The third-order valence-electron chi connectivity index (χ3n) is 3.61. The first-order valence-corrected chi connectivity index (χ1v) is 7.69. The lowest BCUT2D eigenvalue weighted by Crippen LogP contribution is -2.26. The van der Waals surface area contributed by atoms with Crippen LogP contribution in [0.4, 0.5) is 0 Å². The van der Waals surface area contributed by atoms with Gasteiger partial charge in [0.05, 0.1) is 16.3 Å². The van der Waals surface area contributed by atoms with Crippen LogP contribution < -0.4 is 5.32 Å². The van der Waals surface area contributed by atoms with Crippen LogP contribution in [0.3, 0.4) is 0 Å². The predicted octanol–water partition coefficient (Wildman–Crippen LogP) is 3.16. The molecule has 4 rings (SSSR count). The molecular formula is C14H14N4OS. The summed E-state index contributed by atoms with van der Waals surface area (Å²) in [6.07, 6.45) is 5.29. The Morgan fingerprint density at radius 3 is 3.25 bits per heavy atom. The van der Waals surface area contributed by atoms with Crippen molar-refractivity contribution in [2.45, 2.75) is 25.3 Å². The van der Waals surface area contributed by atoms with Gasteiger partial charge in [0.1, 0.15) is 0 Å². The van der Waals surface area contributed by atoms with Crippen molar-refractivity contribution in [1.29, 1.82) is 0 Å². The van der Waals surface area contributed by atoms with Gasteiger partial charge in [0.15, 0.2) is 0 Å². The second-order valence-corrected chi connectivity index (χ2v) is 5.93. The lowest BCUT2D eigenvalue weighted by Gasteiger charge is -2.19. The molecule has 3 aromatic heterocycles. The molecule has 0 radical (unpaired) electrons. The van der Waals surface area contributed by atoms with E-state index in [4.69, 9.17) is 4.52 Å². The molecule has 0 bridgehead atoms. The van der Waals surface area contributed by atoms with E-state index in [9.17, 15) is 0 Å². The van der Waals surface area contributed by atoms with Crippen LogP contribution in [0.1, 0.15) is 31.2 Å². The topological polar surface area (TPSA) is 63.8 Å². The Hall–Kier alpha value is -1.79. The first-order valence-electron chi connectivity index (χ1n) is 6.81. The molecule has 5 nitrogen and oxygen atoms in total. The summed E-state index contributed by atoms with van der Waals surface area (Å²) >= 11 is 1.67. The third-order valence-corrected chi connectivity index (χ3v) is 4.46. The van der Waals surface area contributed by atoms with Crippen molar-refractivity contribution in [2.75, 3.05) is 6.54 Å². The van der Waals surface area contributed by atoms with Crippen LogP contribution in [0.5, 0.6) is 0 Å². The van der Waals surface area contributed by atoms with Gasteiger partial charge in [-0.2, -0.15) is 4.98 Å². The fourth-order valence-electron chi connectivity index (χ4n) is 2.53. The molecule has 0 unspecified atom stereocenters. The minimum atomic E-state index is 0.198. The maximum atomic E-state index is 5.40. The lowest BCUT2D eigenvalue weighted by atomic mass is 10.1. The smallest absolute Gasteiger partial charge is 0.244 e. The predicted molar refractivity (Wildman–Crippen MR) is 77.5 cm³/mol. The highest BCUT2D eigenvalue weighted by atomic mass is 32.1. The van der Waals surface area contributed by atoms with Crippen molar-refractivity contribution < 1.29 is 4.52 Å². The van der Waals surface area contributed by atoms with Crippen LogP contribution in [-0.4, -0.2) is 21.7 Å². The van der Waals surface area contributed by atoms with E-state index < -0.39 is 0 Å². The molecule has 1 aliphatic rings. The molecule has 3 aromatic rings. The quantitative estimate of drug-likeness (QED) is 0.784. The van der Waals surface area contributed by atoms with E-state index in [1.165, 1.54) is 12.8 Å². The summed E-state index contributed by atoms with van der Waals surface area (Å²) in [5.74, 6) is 1.31. The van der Waals surface area contributed by atoms with Gasteiger partial charge >= 0.3 is 0 Å². The van der Waals surface area contributed by atoms with Gasteiger partial charge in [-0.15, -0.1) is 11.3 Å².